The van der Waals surface area contributed by atoms with Crippen molar-refractivity contribution in [1.82, 2.24) is 14.8 Å². The molecular weight excluding hydrogens is 404 g/mol. The first-order chi connectivity index (χ1) is 13.8. The predicted octanol–water partition coefficient (Wildman–Crippen LogP) is 4.81. The second-order valence-electron chi connectivity index (χ2n) is 7.37. The minimum Gasteiger partial charge on any atom is -0.273 e. The summed E-state index contributed by atoms with van der Waals surface area (Å²) >= 11 is 1.33. The van der Waals surface area contributed by atoms with E-state index in [4.69, 9.17) is 0 Å². The van der Waals surface area contributed by atoms with Crippen LogP contribution in [0.4, 0.5) is 17.6 Å². The monoisotopic (exact) mass is 420 g/mol. The zero-order valence-corrected chi connectivity index (χ0v) is 16.4. The van der Waals surface area contributed by atoms with E-state index in [1.165, 1.54) is 29.5 Å². The summed E-state index contributed by atoms with van der Waals surface area (Å²) in [5.41, 5.74) is 1.07. The molecule has 150 valence electrons. The van der Waals surface area contributed by atoms with E-state index in [2.05, 4.69) is 15.1 Å². The quantitative estimate of drug-likeness (QED) is 0.559. The Balaban J connectivity index is 1.80. The minimum atomic E-state index is -2.45. The number of aryl methyl sites for hydroxylation is 1. The van der Waals surface area contributed by atoms with Gasteiger partial charge in [0.05, 0.1) is 11.3 Å². The molecule has 0 bridgehead atoms. The molecule has 1 aliphatic heterocycles. The van der Waals surface area contributed by atoms with E-state index in [1.807, 2.05) is 0 Å². The summed E-state index contributed by atoms with van der Waals surface area (Å²) in [6, 6.07) is 3.13. The molecule has 2 atom stereocenters. The summed E-state index contributed by atoms with van der Waals surface area (Å²) in [5.74, 6) is -1.18. The van der Waals surface area contributed by atoms with Gasteiger partial charge in [-0.15, -0.1) is 11.3 Å². The van der Waals surface area contributed by atoms with Crippen LogP contribution in [0.2, 0.25) is 0 Å². The van der Waals surface area contributed by atoms with Gasteiger partial charge < -0.3 is 0 Å². The van der Waals surface area contributed by atoms with E-state index >= 15 is 0 Å². The number of hydrogen-bond acceptors (Lipinski definition) is 4. The summed E-state index contributed by atoms with van der Waals surface area (Å²) in [5, 5.41) is 5.08. The van der Waals surface area contributed by atoms with E-state index in [0.29, 0.717) is 27.8 Å². The summed E-state index contributed by atoms with van der Waals surface area (Å²) in [4.78, 5) is 9.84. The normalized spacial score (nSPS) is 20.3. The van der Waals surface area contributed by atoms with Gasteiger partial charge in [0.2, 0.25) is 6.43 Å². The topological polar surface area (TPSA) is 43.1 Å². The van der Waals surface area contributed by atoms with Gasteiger partial charge in [-0.05, 0) is 44.4 Å². The van der Waals surface area contributed by atoms with Gasteiger partial charge in [-0.2, -0.15) is 5.10 Å². The number of hydrogen-bond donors (Lipinski definition) is 0. The predicted molar refractivity (Wildman–Crippen MR) is 101 cm³/mol. The third kappa shape index (κ3) is 2.74. The van der Waals surface area contributed by atoms with Crippen LogP contribution in [0.1, 0.15) is 46.2 Å². The molecule has 3 aromatic rings. The SMILES string of the molecule is Cc1nc2n(n1)-c1sc3c(c1C(c1c(F)cccc1F)=N[C@H]2C)C[C@@H](C(F)F)C3. The highest BCUT2D eigenvalue weighted by Gasteiger charge is 2.38. The van der Waals surface area contributed by atoms with Gasteiger partial charge in [0.1, 0.15) is 28.5 Å². The molecule has 3 heterocycles. The fourth-order valence-corrected chi connectivity index (χ4v) is 5.49. The Morgan fingerprint density at radius 2 is 1.86 bits per heavy atom. The van der Waals surface area contributed by atoms with Gasteiger partial charge in [0.25, 0.3) is 0 Å². The van der Waals surface area contributed by atoms with Crippen molar-refractivity contribution in [3.8, 4) is 5.00 Å². The van der Waals surface area contributed by atoms with Crippen molar-refractivity contribution in [2.45, 2.75) is 39.2 Å². The van der Waals surface area contributed by atoms with Crippen LogP contribution in [0.15, 0.2) is 23.2 Å². The van der Waals surface area contributed by atoms with Crippen molar-refractivity contribution < 1.29 is 17.6 Å². The molecule has 5 rings (SSSR count). The maximum absolute atomic E-state index is 14.7. The molecule has 0 saturated carbocycles. The number of halogens is 4. The summed E-state index contributed by atoms with van der Waals surface area (Å²) in [6.07, 6.45) is -2.08. The number of aliphatic imine (C=N–C) groups is 1. The molecule has 0 N–H and O–H groups in total. The third-order valence-corrected chi connectivity index (χ3v) is 6.64. The van der Waals surface area contributed by atoms with Crippen LogP contribution < -0.4 is 0 Å². The van der Waals surface area contributed by atoms with Crippen LogP contribution in [0.3, 0.4) is 0 Å². The smallest absolute Gasteiger partial charge is 0.242 e. The highest BCUT2D eigenvalue weighted by Crippen LogP contribution is 2.45. The number of aromatic nitrogens is 3. The molecule has 4 nitrogen and oxygen atoms in total. The summed E-state index contributed by atoms with van der Waals surface area (Å²) in [6.45, 7) is 3.53. The van der Waals surface area contributed by atoms with Gasteiger partial charge in [-0.3, -0.25) is 4.99 Å². The molecule has 29 heavy (non-hydrogen) atoms. The fourth-order valence-electron chi connectivity index (χ4n) is 4.10. The number of nitrogens with zero attached hydrogens (tertiary/aromatic N) is 4. The first kappa shape index (κ1) is 18.5. The van der Waals surface area contributed by atoms with E-state index in [-0.39, 0.29) is 24.1 Å². The Labute approximate surface area is 167 Å². The molecule has 2 aliphatic rings. The molecule has 1 aromatic carbocycles. The van der Waals surface area contributed by atoms with Gasteiger partial charge in [-0.1, -0.05) is 6.07 Å². The highest BCUT2D eigenvalue weighted by molar-refractivity contribution is 7.15. The van der Waals surface area contributed by atoms with Gasteiger partial charge in [0.15, 0.2) is 5.82 Å². The average molecular weight is 420 g/mol. The molecule has 0 unspecified atom stereocenters. The lowest BCUT2D eigenvalue weighted by Gasteiger charge is -2.13. The second-order valence-corrected chi connectivity index (χ2v) is 8.45. The molecule has 1 aliphatic carbocycles. The molecular formula is C20H16F4N4S. The maximum atomic E-state index is 14.7. The lowest BCUT2D eigenvalue weighted by atomic mass is 9.97. The van der Waals surface area contributed by atoms with Crippen LogP contribution in [0.25, 0.3) is 5.00 Å². The number of benzene rings is 1. The first-order valence-electron chi connectivity index (χ1n) is 9.24. The zero-order chi connectivity index (χ0) is 20.4. The fraction of sp³-hybridized carbons (Fsp3) is 0.350. The lowest BCUT2D eigenvalue weighted by molar-refractivity contribution is 0.0826. The van der Waals surface area contributed by atoms with E-state index < -0.39 is 30.0 Å². The minimum absolute atomic E-state index is 0.139. The zero-order valence-electron chi connectivity index (χ0n) is 15.6. The van der Waals surface area contributed by atoms with Crippen molar-refractivity contribution in [2.24, 2.45) is 10.9 Å². The number of fused-ring (bicyclic) bond motifs is 5. The Morgan fingerprint density at radius 3 is 2.55 bits per heavy atom. The van der Waals surface area contributed by atoms with Crippen molar-refractivity contribution in [1.29, 1.82) is 0 Å². The van der Waals surface area contributed by atoms with Crippen LogP contribution in [-0.2, 0) is 12.8 Å². The van der Waals surface area contributed by atoms with Crippen LogP contribution in [0.5, 0.6) is 0 Å². The number of alkyl halides is 2. The Hall–Kier alpha value is -2.55. The van der Waals surface area contributed by atoms with Gasteiger partial charge >= 0.3 is 0 Å². The largest absolute Gasteiger partial charge is 0.273 e. The first-order valence-corrected chi connectivity index (χ1v) is 10.1. The molecule has 2 aromatic heterocycles. The standard InChI is InChI=1S/C20H16F4N4S/c1-8-19-26-9(2)27-28(19)20-15(11-6-10(18(23)24)7-14(11)29-20)17(25-8)16-12(21)4-3-5-13(16)22/h3-5,8,10,18H,6-7H2,1-2H3/t8-,10+/m0/s1. The number of thiophene rings is 1. The Morgan fingerprint density at radius 1 is 1.14 bits per heavy atom. The van der Waals surface area contributed by atoms with E-state index in [0.717, 1.165) is 4.88 Å². The molecule has 0 saturated heterocycles. The molecule has 0 amide bonds. The van der Waals surface area contributed by atoms with E-state index in [9.17, 15) is 17.6 Å². The highest BCUT2D eigenvalue weighted by atomic mass is 32.1. The average Bonchev–Trinajstić information content (AvgIpc) is 3.30. The Bertz CT molecular complexity index is 1140. The molecule has 0 fully saturated rings. The van der Waals surface area contributed by atoms with Gasteiger partial charge in [0, 0.05) is 16.4 Å². The van der Waals surface area contributed by atoms with Crippen LogP contribution in [0, 0.1) is 24.5 Å². The van der Waals surface area contributed by atoms with Crippen LogP contribution >= 0.6 is 11.3 Å². The molecule has 0 spiro atoms. The van der Waals surface area contributed by atoms with Gasteiger partial charge in [-0.25, -0.2) is 27.2 Å². The summed E-state index contributed by atoms with van der Waals surface area (Å²) in [7, 11) is 0. The molecule has 9 heteroatoms. The lowest BCUT2D eigenvalue weighted by Crippen LogP contribution is -2.15. The summed E-state index contributed by atoms with van der Waals surface area (Å²) < 4.78 is 57.8. The molecule has 0 radical (unpaired) electrons. The van der Waals surface area contributed by atoms with Crippen molar-refractivity contribution in [3.05, 3.63) is 63.0 Å². The van der Waals surface area contributed by atoms with Crippen molar-refractivity contribution in [3.63, 3.8) is 0 Å². The van der Waals surface area contributed by atoms with Crippen molar-refractivity contribution in [2.75, 3.05) is 0 Å². The Kier molecular flexibility index (Phi) is 4.13. The van der Waals surface area contributed by atoms with Crippen LogP contribution in [-0.4, -0.2) is 26.9 Å². The van der Waals surface area contributed by atoms with Crippen molar-refractivity contribution >= 4 is 17.0 Å². The third-order valence-electron chi connectivity index (χ3n) is 5.41. The number of rotatable bonds is 2. The maximum Gasteiger partial charge on any atom is 0.242 e. The van der Waals surface area contributed by atoms with E-state index in [1.54, 1.807) is 18.5 Å². The second kappa shape index (κ2) is 6.48.